The van der Waals surface area contributed by atoms with E-state index in [0.717, 1.165) is 23.6 Å². The van der Waals surface area contributed by atoms with Crippen LogP contribution in [-0.2, 0) is 11.3 Å². The molecular weight excluding hydrogens is 342 g/mol. The molecule has 0 aliphatic carbocycles. The van der Waals surface area contributed by atoms with Crippen LogP contribution in [0.2, 0.25) is 0 Å². The van der Waals surface area contributed by atoms with E-state index in [1.165, 1.54) is 4.90 Å². The van der Waals surface area contributed by atoms with E-state index < -0.39 is 0 Å². The van der Waals surface area contributed by atoms with Crippen LogP contribution in [0.15, 0.2) is 47.4 Å². The molecule has 0 N–H and O–H groups in total. The molecule has 1 aromatic heterocycles. The zero-order valence-electron chi connectivity index (χ0n) is 16.1. The maximum atomic E-state index is 13.0. The molecule has 0 atom stereocenters. The number of hydrogen-bond acceptors (Lipinski definition) is 4. The van der Waals surface area contributed by atoms with Gasteiger partial charge in [-0.2, -0.15) is 0 Å². The second kappa shape index (κ2) is 7.80. The predicted molar refractivity (Wildman–Crippen MR) is 104 cm³/mol. The van der Waals surface area contributed by atoms with E-state index >= 15 is 0 Å². The number of furan rings is 1. The summed E-state index contributed by atoms with van der Waals surface area (Å²) in [6.45, 7) is 7.50. The van der Waals surface area contributed by atoms with Crippen molar-refractivity contribution in [1.29, 1.82) is 0 Å². The number of fused-ring (bicyclic) bond motifs is 1. The van der Waals surface area contributed by atoms with Crippen molar-refractivity contribution in [2.24, 2.45) is 0 Å². The fourth-order valence-corrected chi connectivity index (χ4v) is 3.11. The summed E-state index contributed by atoms with van der Waals surface area (Å²) in [4.78, 5) is 30.9. The molecule has 1 aliphatic heterocycles. The summed E-state index contributed by atoms with van der Waals surface area (Å²) >= 11 is 0. The van der Waals surface area contributed by atoms with Crippen molar-refractivity contribution in [2.45, 2.75) is 13.5 Å². The first kappa shape index (κ1) is 18.9. The normalized spacial score (nSPS) is 13.4. The Hall–Kier alpha value is -2.86. The average molecular weight is 367 g/mol. The van der Waals surface area contributed by atoms with Crippen molar-refractivity contribution in [2.75, 3.05) is 33.7 Å². The van der Waals surface area contributed by atoms with E-state index in [2.05, 4.69) is 6.58 Å². The highest BCUT2D eigenvalue weighted by atomic mass is 16.3. The van der Waals surface area contributed by atoms with Gasteiger partial charge in [0.2, 0.25) is 5.91 Å². The van der Waals surface area contributed by atoms with E-state index in [4.69, 9.17) is 4.42 Å². The lowest BCUT2D eigenvalue weighted by atomic mass is 10.1. The summed E-state index contributed by atoms with van der Waals surface area (Å²) in [7, 11) is 3.92. The molecule has 0 unspecified atom stereocenters. The minimum Gasteiger partial charge on any atom is -0.464 e. The monoisotopic (exact) mass is 367 g/mol. The lowest BCUT2D eigenvalue weighted by Gasteiger charge is -2.26. The summed E-state index contributed by atoms with van der Waals surface area (Å²) in [6, 6.07) is 11.1. The first-order valence-corrected chi connectivity index (χ1v) is 8.95. The van der Waals surface area contributed by atoms with E-state index in [1.54, 1.807) is 11.0 Å². The third-order valence-corrected chi connectivity index (χ3v) is 4.65. The fraction of sp³-hybridized carbons (Fsp3) is 0.333. The third kappa shape index (κ3) is 4.11. The van der Waals surface area contributed by atoms with E-state index in [1.807, 2.05) is 56.3 Å². The zero-order valence-corrected chi connectivity index (χ0v) is 16.1. The second-order valence-corrected chi connectivity index (χ2v) is 7.01. The molecule has 0 saturated carbocycles. The quantitative estimate of drug-likeness (QED) is 0.755. The van der Waals surface area contributed by atoms with Crippen LogP contribution in [-0.4, -0.2) is 60.2 Å². The summed E-state index contributed by atoms with van der Waals surface area (Å²) < 4.78 is 5.63. The van der Waals surface area contributed by atoms with Gasteiger partial charge in [-0.05, 0) is 39.2 Å². The largest absolute Gasteiger partial charge is 0.464 e. The third-order valence-electron chi connectivity index (χ3n) is 4.65. The van der Waals surface area contributed by atoms with Crippen molar-refractivity contribution in [1.82, 2.24) is 14.7 Å². The van der Waals surface area contributed by atoms with Crippen molar-refractivity contribution in [3.05, 3.63) is 65.6 Å². The molecule has 142 valence electrons. The van der Waals surface area contributed by atoms with Crippen LogP contribution in [0.25, 0.3) is 5.70 Å². The van der Waals surface area contributed by atoms with Crippen molar-refractivity contribution < 1.29 is 14.0 Å². The number of amides is 2. The van der Waals surface area contributed by atoms with Crippen LogP contribution in [0.4, 0.5) is 0 Å². The van der Waals surface area contributed by atoms with Gasteiger partial charge in [-0.15, -0.1) is 0 Å². The molecule has 0 spiro atoms. The molecule has 6 nitrogen and oxygen atoms in total. The first-order valence-electron chi connectivity index (χ1n) is 8.95. The van der Waals surface area contributed by atoms with Crippen LogP contribution < -0.4 is 0 Å². The van der Waals surface area contributed by atoms with Crippen molar-refractivity contribution in [3.8, 4) is 0 Å². The van der Waals surface area contributed by atoms with Gasteiger partial charge >= 0.3 is 0 Å². The molecule has 1 aliphatic rings. The van der Waals surface area contributed by atoms with Gasteiger partial charge < -0.3 is 14.2 Å². The second-order valence-electron chi connectivity index (χ2n) is 7.01. The highest BCUT2D eigenvalue weighted by molar-refractivity contribution is 6.10. The number of hydrogen-bond donors (Lipinski definition) is 0. The highest BCUT2D eigenvalue weighted by Gasteiger charge is 2.33. The van der Waals surface area contributed by atoms with Crippen LogP contribution in [0.1, 0.15) is 27.4 Å². The Morgan fingerprint density at radius 1 is 1.11 bits per heavy atom. The molecule has 0 saturated heterocycles. The number of carbonyl (C=O) groups is 2. The average Bonchev–Trinajstić information content (AvgIpc) is 3.15. The number of carbonyl (C=O) groups excluding carboxylic acids is 2. The Kier molecular flexibility index (Phi) is 5.46. The van der Waals surface area contributed by atoms with Gasteiger partial charge in [0.1, 0.15) is 18.1 Å². The number of aryl methyl sites for hydroxylation is 1. The topological polar surface area (TPSA) is 57.0 Å². The van der Waals surface area contributed by atoms with Gasteiger partial charge in [0, 0.05) is 29.9 Å². The summed E-state index contributed by atoms with van der Waals surface area (Å²) in [5, 5.41) is 0. The molecular formula is C21H25N3O3. The minimum atomic E-state index is -0.176. The van der Waals surface area contributed by atoms with Gasteiger partial charge in [-0.1, -0.05) is 24.8 Å². The highest BCUT2D eigenvalue weighted by Crippen LogP contribution is 2.31. The molecule has 3 rings (SSSR count). The molecule has 0 radical (unpaired) electrons. The SMILES string of the molecule is C=C1c2ccccc2C(=O)N1CC(=O)N(CCN(C)C)Cc1ccc(C)o1. The molecule has 2 heterocycles. The molecule has 0 fully saturated rings. The van der Waals surface area contributed by atoms with Crippen LogP contribution >= 0.6 is 0 Å². The number of rotatable bonds is 7. The first-order chi connectivity index (χ1) is 12.9. The number of nitrogens with zero attached hydrogens (tertiary/aromatic N) is 3. The van der Waals surface area contributed by atoms with Crippen LogP contribution in [0.5, 0.6) is 0 Å². The minimum absolute atomic E-state index is 0.0283. The lowest BCUT2D eigenvalue weighted by Crippen LogP contribution is -2.42. The molecule has 2 aromatic rings. The van der Waals surface area contributed by atoms with Gasteiger partial charge in [-0.3, -0.25) is 14.5 Å². The maximum absolute atomic E-state index is 13.0. The Morgan fingerprint density at radius 3 is 2.41 bits per heavy atom. The van der Waals surface area contributed by atoms with E-state index in [-0.39, 0.29) is 18.4 Å². The van der Waals surface area contributed by atoms with Crippen molar-refractivity contribution in [3.63, 3.8) is 0 Å². The Balaban J connectivity index is 1.74. The summed E-state index contributed by atoms with van der Waals surface area (Å²) in [5.74, 6) is 1.23. The number of likely N-dealkylation sites (N-methyl/N-ethyl adjacent to an activating group) is 1. The smallest absolute Gasteiger partial charge is 0.259 e. The summed E-state index contributed by atoms with van der Waals surface area (Å²) in [6.07, 6.45) is 0. The number of benzene rings is 1. The van der Waals surface area contributed by atoms with Crippen LogP contribution in [0.3, 0.4) is 0 Å². The Bertz CT molecular complexity index is 834. The molecule has 1 aromatic carbocycles. The van der Waals surface area contributed by atoms with Gasteiger partial charge in [0.05, 0.1) is 6.54 Å². The van der Waals surface area contributed by atoms with Crippen molar-refractivity contribution >= 4 is 17.5 Å². The summed E-state index contributed by atoms with van der Waals surface area (Å²) in [5.41, 5.74) is 1.96. The molecule has 27 heavy (non-hydrogen) atoms. The predicted octanol–water partition coefficient (Wildman–Crippen LogP) is 2.60. The molecule has 6 heteroatoms. The lowest BCUT2D eigenvalue weighted by molar-refractivity contribution is -0.132. The molecule has 2 amide bonds. The maximum Gasteiger partial charge on any atom is 0.259 e. The standard InChI is InChI=1S/C21H25N3O3/c1-15-9-10-17(27-15)13-23(12-11-22(3)4)20(25)14-24-16(2)18-7-5-6-8-19(18)21(24)26/h5-10H,2,11-14H2,1,3-4H3. The Labute approximate surface area is 159 Å². The van der Waals surface area contributed by atoms with Gasteiger partial charge in [-0.25, -0.2) is 0 Å². The van der Waals surface area contributed by atoms with E-state index in [9.17, 15) is 9.59 Å². The van der Waals surface area contributed by atoms with Gasteiger partial charge in [0.15, 0.2) is 0 Å². The van der Waals surface area contributed by atoms with Gasteiger partial charge in [0.25, 0.3) is 5.91 Å². The Morgan fingerprint density at radius 2 is 1.81 bits per heavy atom. The fourth-order valence-electron chi connectivity index (χ4n) is 3.11. The van der Waals surface area contributed by atoms with E-state index in [0.29, 0.717) is 24.4 Å². The molecule has 0 bridgehead atoms. The zero-order chi connectivity index (χ0) is 19.6. The van der Waals surface area contributed by atoms with Crippen LogP contribution in [0, 0.1) is 6.92 Å².